The van der Waals surface area contributed by atoms with Crippen LogP contribution in [0.5, 0.6) is 0 Å². The summed E-state index contributed by atoms with van der Waals surface area (Å²) in [5.74, 6) is 0.850. The zero-order valence-electron chi connectivity index (χ0n) is 9.82. The average Bonchev–Trinajstić information content (AvgIpc) is 2.26. The fraction of sp³-hybridized carbons (Fsp3) is 0.571. The lowest BCUT2D eigenvalue weighted by Crippen LogP contribution is -2.41. The van der Waals surface area contributed by atoms with Gasteiger partial charge in [0.05, 0.1) is 0 Å². The molecule has 1 fully saturated rings. The van der Waals surface area contributed by atoms with Crippen molar-refractivity contribution in [3.8, 4) is 0 Å². The second kappa shape index (κ2) is 4.80. The third-order valence-electron chi connectivity index (χ3n) is 3.73. The number of benzene rings is 1. The minimum Gasteiger partial charge on any atom is -0.296 e. The first-order valence-electron chi connectivity index (χ1n) is 6.05. The fourth-order valence-corrected chi connectivity index (χ4v) is 2.46. The maximum absolute atomic E-state index is 2.61. The van der Waals surface area contributed by atoms with E-state index in [0.717, 1.165) is 18.5 Å². The normalized spacial score (nSPS) is 27.9. The molecule has 0 radical (unpaired) electrons. The Labute approximate surface area is 93.1 Å². The molecule has 1 aliphatic heterocycles. The van der Waals surface area contributed by atoms with Crippen molar-refractivity contribution >= 4 is 0 Å². The van der Waals surface area contributed by atoms with Gasteiger partial charge in [0.25, 0.3) is 0 Å². The van der Waals surface area contributed by atoms with E-state index >= 15 is 0 Å². The molecule has 0 saturated carbocycles. The van der Waals surface area contributed by atoms with E-state index in [1.165, 1.54) is 24.9 Å². The van der Waals surface area contributed by atoms with Crippen molar-refractivity contribution < 1.29 is 0 Å². The van der Waals surface area contributed by atoms with E-state index in [1.54, 1.807) is 0 Å². The summed E-state index contributed by atoms with van der Waals surface area (Å²) in [7, 11) is 0. The van der Waals surface area contributed by atoms with Crippen LogP contribution in [0, 0.1) is 5.92 Å². The van der Waals surface area contributed by atoms with E-state index in [-0.39, 0.29) is 0 Å². The van der Waals surface area contributed by atoms with Crippen molar-refractivity contribution in [2.75, 3.05) is 6.54 Å². The van der Waals surface area contributed by atoms with Gasteiger partial charge in [-0.15, -0.1) is 0 Å². The van der Waals surface area contributed by atoms with Crippen LogP contribution in [-0.4, -0.2) is 17.5 Å². The minimum atomic E-state index is 0.735. The van der Waals surface area contributed by atoms with Gasteiger partial charge < -0.3 is 0 Å². The molecule has 1 aromatic carbocycles. The first kappa shape index (κ1) is 10.7. The highest BCUT2D eigenvalue weighted by Gasteiger charge is 2.24. The van der Waals surface area contributed by atoms with Gasteiger partial charge in [0.1, 0.15) is 0 Å². The molecule has 82 valence electrons. The summed E-state index contributed by atoms with van der Waals surface area (Å²) < 4.78 is 0. The quantitative estimate of drug-likeness (QED) is 0.713. The van der Waals surface area contributed by atoms with E-state index in [2.05, 4.69) is 49.1 Å². The van der Waals surface area contributed by atoms with E-state index in [0.29, 0.717) is 0 Å². The third kappa shape index (κ3) is 2.60. The van der Waals surface area contributed by atoms with Crippen LogP contribution in [0.4, 0.5) is 0 Å². The summed E-state index contributed by atoms with van der Waals surface area (Å²) in [4.78, 5) is 2.61. The fourth-order valence-electron chi connectivity index (χ4n) is 2.46. The second-order valence-corrected chi connectivity index (χ2v) is 4.82. The van der Waals surface area contributed by atoms with E-state index in [1.807, 2.05) is 0 Å². The highest BCUT2D eigenvalue weighted by Crippen LogP contribution is 2.24. The van der Waals surface area contributed by atoms with Gasteiger partial charge in [-0.25, -0.2) is 0 Å². The molecular weight excluding hydrogens is 182 g/mol. The van der Waals surface area contributed by atoms with Crippen molar-refractivity contribution in [2.24, 2.45) is 5.92 Å². The number of hydrogen-bond acceptors (Lipinski definition) is 1. The summed E-state index contributed by atoms with van der Waals surface area (Å²) in [6.45, 7) is 7.13. The van der Waals surface area contributed by atoms with Gasteiger partial charge >= 0.3 is 0 Å². The summed E-state index contributed by atoms with van der Waals surface area (Å²) >= 11 is 0. The van der Waals surface area contributed by atoms with Gasteiger partial charge in [-0.05, 0) is 37.8 Å². The van der Waals surface area contributed by atoms with Gasteiger partial charge in [-0.1, -0.05) is 37.3 Å². The number of likely N-dealkylation sites (tertiary alicyclic amines) is 1. The molecular formula is C14H21N. The van der Waals surface area contributed by atoms with Gasteiger partial charge in [-0.2, -0.15) is 0 Å². The van der Waals surface area contributed by atoms with Crippen LogP contribution >= 0.6 is 0 Å². The Bertz CT molecular complexity index is 293. The zero-order chi connectivity index (χ0) is 10.7. The van der Waals surface area contributed by atoms with Crippen LogP contribution in [0.1, 0.15) is 32.3 Å². The van der Waals surface area contributed by atoms with Gasteiger partial charge in [0.2, 0.25) is 0 Å². The molecule has 1 nitrogen and oxygen atoms in total. The molecule has 1 aromatic rings. The first-order valence-corrected chi connectivity index (χ1v) is 6.05. The smallest absolute Gasteiger partial charge is 0.0236 e. The molecule has 0 bridgehead atoms. The lowest BCUT2D eigenvalue weighted by molar-refractivity contribution is 0.106. The number of nitrogens with zero attached hydrogens (tertiary/aromatic N) is 1. The van der Waals surface area contributed by atoms with Crippen LogP contribution in [0.3, 0.4) is 0 Å². The molecule has 0 amide bonds. The van der Waals surface area contributed by atoms with Gasteiger partial charge in [0.15, 0.2) is 0 Å². The van der Waals surface area contributed by atoms with Crippen LogP contribution in [-0.2, 0) is 6.54 Å². The Morgan fingerprint density at radius 2 is 1.93 bits per heavy atom. The number of hydrogen-bond donors (Lipinski definition) is 0. The van der Waals surface area contributed by atoms with Gasteiger partial charge in [-0.3, -0.25) is 4.90 Å². The summed E-state index contributed by atoms with van der Waals surface area (Å²) in [5, 5.41) is 0. The predicted octanol–water partition coefficient (Wildman–Crippen LogP) is 3.31. The summed E-state index contributed by atoms with van der Waals surface area (Å²) in [6.07, 6.45) is 2.75. The highest BCUT2D eigenvalue weighted by atomic mass is 15.2. The third-order valence-corrected chi connectivity index (χ3v) is 3.73. The van der Waals surface area contributed by atoms with Crippen molar-refractivity contribution in [3.05, 3.63) is 35.9 Å². The van der Waals surface area contributed by atoms with E-state index in [9.17, 15) is 0 Å². The molecule has 0 N–H and O–H groups in total. The topological polar surface area (TPSA) is 3.24 Å². The summed E-state index contributed by atoms with van der Waals surface area (Å²) in [5.41, 5.74) is 1.44. The number of piperidine rings is 1. The van der Waals surface area contributed by atoms with Crippen molar-refractivity contribution in [1.29, 1.82) is 0 Å². The van der Waals surface area contributed by atoms with Crippen molar-refractivity contribution in [1.82, 2.24) is 4.90 Å². The van der Waals surface area contributed by atoms with Crippen molar-refractivity contribution in [2.45, 2.75) is 39.3 Å². The van der Waals surface area contributed by atoms with Crippen molar-refractivity contribution in [3.63, 3.8) is 0 Å². The second-order valence-electron chi connectivity index (χ2n) is 4.82. The predicted molar refractivity (Wildman–Crippen MR) is 64.7 cm³/mol. The Morgan fingerprint density at radius 3 is 2.67 bits per heavy atom. The number of rotatable bonds is 2. The largest absolute Gasteiger partial charge is 0.296 e. The molecule has 1 saturated heterocycles. The molecule has 0 spiro atoms. The Balaban J connectivity index is 1.99. The maximum Gasteiger partial charge on any atom is 0.0236 e. The van der Waals surface area contributed by atoms with Crippen LogP contribution in [0.2, 0.25) is 0 Å². The molecule has 15 heavy (non-hydrogen) atoms. The molecule has 0 aromatic heterocycles. The SMILES string of the molecule is CC1CCCN(Cc2ccccc2)C1C. The molecule has 1 heterocycles. The van der Waals surface area contributed by atoms with Crippen LogP contribution in [0.25, 0.3) is 0 Å². The highest BCUT2D eigenvalue weighted by molar-refractivity contribution is 5.14. The lowest BCUT2D eigenvalue weighted by Gasteiger charge is -2.37. The molecule has 2 rings (SSSR count). The maximum atomic E-state index is 2.61. The Morgan fingerprint density at radius 1 is 1.20 bits per heavy atom. The zero-order valence-corrected chi connectivity index (χ0v) is 9.82. The lowest BCUT2D eigenvalue weighted by atomic mass is 9.92. The Kier molecular flexibility index (Phi) is 3.42. The standard InChI is InChI=1S/C14H21N/c1-12-7-6-10-15(13(12)2)11-14-8-4-3-5-9-14/h3-5,8-9,12-13H,6-7,10-11H2,1-2H3. The molecule has 1 heteroatoms. The minimum absolute atomic E-state index is 0.735. The summed E-state index contributed by atoms with van der Waals surface area (Å²) in [6, 6.07) is 11.5. The molecule has 1 aliphatic rings. The van der Waals surface area contributed by atoms with Gasteiger partial charge in [0, 0.05) is 12.6 Å². The Hall–Kier alpha value is -0.820. The first-order chi connectivity index (χ1) is 7.27. The van der Waals surface area contributed by atoms with E-state index in [4.69, 9.17) is 0 Å². The molecule has 2 atom stereocenters. The average molecular weight is 203 g/mol. The molecule has 2 unspecified atom stereocenters. The molecule has 0 aliphatic carbocycles. The van der Waals surface area contributed by atoms with Crippen LogP contribution < -0.4 is 0 Å². The van der Waals surface area contributed by atoms with Crippen LogP contribution in [0.15, 0.2) is 30.3 Å². The van der Waals surface area contributed by atoms with E-state index < -0.39 is 0 Å². The monoisotopic (exact) mass is 203 g/mol.